The first kappa shape index (κ1) is 17.4. The van der Waals surface area contributed by atoms with E-state index in [1.165, 1.54) is 0 Å². The molecule has 2 aromatic rings. The van der Waals surface area contributed by atoms with Crippen LogP contribution in [0.15, 0.2) is 24.3 Å². The molecule has 0 saturated carbocycles. The highest BCUT2D eigenvalue weighted by Gasteiger charge is 2.58. The van der Waals surface area contributed by atoms with Gasteiger partial charge in [0.1, 0.15) is 0 Å². The summed E-state index contributed by atoms with van der Waals surface area (Å²) in [6.45, 7) is 3.70. The maximum Gasteiger partial charge on any atom is 0.275 e. The Morgan fingerprint density at radius 1 is 1.39 bits per heavy atom. The molecule has 4 heterocycles. The monoisotopic (exact) mass is 380 g/mol. The molecule has 1 aromatic heterocycles. The molecule has 146 valence electrons. The molecule has 5 rings (SSSR count). The van der Waals surface area contributed by atoms with Gasteiger partial charge in [0.05, 0.1) is 24.7 Å². The number of aromatic amines is 1. The maximum atomic E-state index is 13.5. The van der Waals surface area contributed by atoms with Crippen LogP contribution in [0.4, 0.5) is 5.69 Å². The number of H-pyrrole nitrogens is 1. The van der Waals surface area contributed by atoms with Crippen molar-refractivity contribution in [2.45, 2.75) is 50.7 Å². The predicted molar refractivity (Wildman–Crippen MR) is 103 cm³/mol. The van der Waals surface area contributed by atoms with Gasteiger partial charge in [-0.2, -0.15) is 5.10 Å². The van der Waals surface area contributed by atoms with E-state index in [2.05, 4.69) is 22.4 Å². The summed E-state index contributed by atoms with van der Waals surface area (Å²) in [6, 6.07) is 7.69. The summed E-state index contributed by atoms with van der Waals surface area (Å²) in [7, 11) is 0. The van der Waals surface area contributed by atoms with Gasteiger partial charge in [0.2, 0.25) is 5.91 Å². The number of benzene rings is 1. The number of likely N-dealkylation sites (tertiary alicyclic amines) is 1. The highest BCUT2D eigenvalue weighted by molar-refractivity contribution is 6.08. The number of fused-ring (bicyclic) bond motifs is 3. The molecule has 2 amide bonds. The third-order valence-corrected chi connectivity index (χ3v) is 6.47. The number of carbonyl (C=O) groups is 2. The van der Waals surface area contributed by atoms with Crippen molar-refractivity contribution in [3.05, 3.63) is 46.8 Å². The SMILES string of the molecule is CCC[C@@H]1N(C(=O)c2n[nH]c3c2COCC3)CC[C@]12C(=O)Nc1ccccc12. The van der Waals surface area contributed by atoms with Crippen molar-refractivity contribution in [2.24, 2.45) is 0 Å². The van der Waals surface area contributed by atoms with E-state index >= 15 is 0 Å². The van der Waals surface area contributed by atoms with Gasteiger partial charge in [0.15, 0.2) is 5.69 Å². The van der Waals surface area contributed by atoms with Gasteiger partial charge in [-0.15, -0.1) is 0 Å². The molecule has 7 nitrogen and oxygen atoms in total. The van der Waals surface area contributed by atoms with E-state index in [0.717, 1.165) is 41.8 Å². The fraction of sp³-hybridized carbons (Fsp3) is 0.476. The second kappa shape index (κ2) is 6.44. The fourth-order valence-corrected chi connectivity index (χ4v) is 5.15. The molecular formula is C21H24N4O3. The normalized spacial score (nSPS) is 25.7. The van der Waals surface area contributed by atoms with E-state index in [1.54, 1.807) is 0 Å². The van der Waals surface area contributed by atoms with Gasteiger partial charge < -0.3 is 15.0 Å². The van der Waals surface area contributed by atoms with Crippen LogP contribution in [-0.2, 0) is 28.0 Å². The van der Waals surface area contributed by atoms with Crippen LogP contribution in [0.3, 0.4) is 0 Å². The van der Waals surface area contributed by atoms with Crippen molar-refractivity contribution >= 4 is 17.5 Å². The summed E-state index contributed by atoms with van der Waals surface area (Å²) < 4.78 is 5.54. The second-order valence-electron chi connectivity index (χ2n) is 7.86. The zero-order valence-corrected chi connectivity index (χ0v) is 16.0. The molecule has 1 aromatic carbocycles. The Bertz CT molecular complexity index is 953. The number of nitrogens with one attached hydrogen (secondary N) is 2. The van der Waals surface area contributed by atoms with E-state index in [4.69, 9.17) is 4.74 Å². The number of rotatable bonds is 3. The number of ether oxygens (including phenoxy) is 1. The number of aromatic nitrogens is 2. The van der Waals surface area contributed by atoms with Crippen LogP contribution in [0.1, 0.15) is 53.5 Å². The summed E-state index contributed by atoms with van der Waals surface area (Å²) in [5.74, 6) is -0.0923. The molecule has 1 saturated heterocycles. The largest absolute Gasteiger partial charge is 0.376 e. The first-order valence-corrected chi connectivity index (χ1v) is 10.0. The number of hydrogen-bond donors (Lipinski definition) is 2. The fourth-order valence-electron chi connectivity index (χ4n) is 5.15. The molecule has 0 bridgehead atoms. The first-order chi connectivity index (χ1) is 13.7. The Balaban J connectivity index is 1.54. The van der Waals surface area contributed by atoms with Crippen LogP contribution < -0.4 is 5.32 Å². The van der Waals surface area contributed by atoms with Crippen LogP contribution in [0.2, 0.25) is 0 Å². The van der Waals surface area contributed by atoms with Gasteiger partial charge in [0, 0.05) is 29.9 Å². The van der Waals surface area contributed by atoms with Crippen LogP contribution in [0.25, 0.3) is 0 Å². The summed E-state index contributed by atoms with van der Waals surface area (Å²) >= 11 is 0. The number of nitrogens with zero attached hydrogens (tertiary/aromatic N) is 2. The number of para-hydroxylation sites is 1. The van der Waals surface area contributed by atoms with Crippen LogP contribution >= 0.6 is 0 Å². The van der Waals surface area contributed by atoms with Crippen molar-refractivity contribution in [1.29, 1.82) is 0 Å². The number of anilines is 1. The van der Waals surface area contributed by atoms with Crippen molar-refractivity contribution < 1.29 is 14.3 Å². The molecule has 1 fully saturated rings. The first-order valence-electron chi connectivity index (χ1n) is 10.0. The van der Waals surface area contributed by atoms with Gasteiger partial charge in [-0.25, -0.2) is 0 Å². The molecule has 7 heteroatoms. The lowest BCUT2D eigenvalue weighted by molar-refractivity contribution is -0.121. The Hall–Kier alpha value is -2.67. The molecule has 28 heavy (non-hydrogen) atoms. The van der Waals surface area contributed by atoms with Crippen LogP contribution in [0, 0.1) is 0 Å². The van der Waals surface area contributed by atoms with Crippen LogP contribution in [0.5, 0.6) is 0 Å². The highest BCUT2D eigenvalue weighted by atomic mass is 16.5. The second-order valence-corrected chi connectivity index (χ2v) is 7.86. The predicted octanol–water partition coefficient (Wildman–Crippen LogP) is 2.39. The Kier molecular flexibility index (Phi) is 4.01. The molecule has 0 unspecified atom stereocenters. The quantitative estimate of drug-likeness (QED) is 0.856. The number of amides is 2. The molecule has 3 aliphatic rings. The number of carbonyl (C=O) groups excluding carboxylic acids is 2. The third-order valence-electron chi connectivity index (χ3n) is 6.47. The average Bonchev–Trinajstić information content (AvgIpc) is 3.38. The van der Waals surface area contributed by atoms with E-state index in [-0.39, 0.29) is 17.9 Å². The molecule has 2 atom stereocenters. The highest BCUT2D eigenvalue weighted by Crippen LogP contribution is 2.49. The van der Waals surface area contributed by atoms with Gasteiger partial charge in [0.25, 0.3) is 5.91 Å². The summed E-state index contributed by atoms with van der Waals surface area (Å²) in [5, 5.41) is 10.4. The molecule has 1 spiro atoms. The van der Waals surface area contributed by atoms with Crippen molar-refractivity contribution in [3.63, 3.8) is 0 Å². The minimum absolute atomic E-state index is 0.00911. The van der Waals surface area contributed by atoms with Gasteiger partial charge in [-0.05, 0) is 24.5 Å². The molecule has 2 N–H and O–H groups in total. The molecule has 0 aliphatic carbocycles. The Labute approximate surface area is 163 Å². The topological polar surface area (TPSA) is 87.3 Å². The van der Waals surface area contributed by atoms with Crippen molar-refractivity contribution in [2.75, 3.05) is 18.5 Å². The zero-order valence-electron chi connectivity index (χ0n) is 16.0. The van der Waals surface area contributed by atoms with Crippen molar-refractivity contribution in [3.8, 4) is 0 Å². The minimum Gasteiger partial charge on any atom is -0.376 e. The lowest BCUT2D eigenvalue weighted by Gasteiger charge is -2.33. The van der Waals surface area contributed by atoms with Crippen molar-refractivity contribution in [1.82, 2.24) is 15.1 Å². The number of hydrogen-bond acceptors (Lipinski definition) is 4. The summed E-state index contributed by atoms with van der Waals surface area (Å²) in [4.78, 5) is 28.5. The van der Waals surface area contributed by atoms with E-state index < -0.39 is 5.41 Å². The Morgan fingerprint density at radius 2 is 2.25 bits per heavy atom. The summed E-state index contributed by atoms with van der Waals surface area (Å²) in [6.07, 6.45) is 3.05. The molecule has 0 radical (unpaired) electrons. The lowest BCUT2D eigenvalue weighted by atomic mass is 9.73. The Morgan fingerprint density at radius 3 is 3.11 bits per heavy atom. The molecular weight excluding hydrogens is 356 g/mol. The maximum absolute atomic E-state index is 13.5. The van der Waals surface area contributed by atoms with Gasteiger partial charge >= 0.3 is 0 Å². The molecule has 3 aliphatic heterocycles. The van der Waals surface area contributed by atoms with E-state index in [9.17, 15) is 9.59 Å². The minimum atomic E-state index is -0.671. The van der Waals surface area contributed by atoms with Gasteiger partial charge in [-0.1, -0.05) is 31.5 Å². The van der Waals surface area contributed by atoms with E-state index in [1.807, 2.05) is 29.2 Å². The third kappa shape index (κ3) is 2.29. The standard InChI is InChI=1S/C21H24N4O3/c1-2-5-17-21(14-6-3-4-7-16(14)22-20(21)27)9-10-25(17)19(26)18-13-12-28-11-8-15(13)23-24-18/h3-4,6-7,17H,2,5,8-12H2,1H3,(H,22,27)(H,23,24)/t17-,21+/m0/s1. The smallest absolute Gasteiger partial charge is 0.275 e. The average molecular weight is 380 g/mol. The lowest BCUT2D eigenvalue weighted by Crippen LogP contribution is -2.49. The summed E-state index contributed by atoms with van der Waals surface area (Å²) in [5.41, 5.74) is 3.51. The zero-order chi connectivity index (χ0) is 19.3. The van der Waals surface area contributed by atoms with Crippen LogP contribution in [-0.4, -0.2) is 46.1 Å². The van der Waals surface area contributed by atoms with E-state index in [0.29, 0.717) is 31.9 Å². The van der Waals surface area contributed by atoms with Gasteiger partial charge in [-0.3, -0.25) is 14.7 Å².